The molecule has 0 radical (unpaired) electrons. The Hall–Kier alpha value is -1.06. The van der Waals surface area contributed by atoms with E-state index < -0.39 is 0 Å². The fraction of sp³-hybridized carbons (Fsp3) is 0.571. The lowest BCUT2D eigenvalue weighted by Gasteiger charge is -2.21. The van der Waals surface area contributed by atoms with Gasteiger partial charge in [0.1, 0.15) is 5.75 Å². The van der Waals surface area contributed by atoms with Crippen LogP contribution in [0.3, 0.4) is 0 Å². The summed E-state index contributed by atoms with van der Waals surface area (Å²) in [6.45, 7) is 6.96. The van der Waals surface area contributed by atoms with Crippen molar-refractivity contribution >= 4 is 0 Å². The third kappa shape index (κ3) is 3.45. The van der Waals surface area contributed by atoms with Gasteiger partial charge in [0.25, 0.3) is 0 Å². The summed E-state index contributed by atoms with van der Waals surface area (Å²) < 4.78 is 5.73. The number of aliphatic hydroxyl groups excluding tert-OH is 1. The SMILES string of the molecule is CCOc1c(C)cc(C)cc1C(CCO)NC. The summed E-state index contributed by atoms with van der Waals surface area (Å²) in [4.78, 5) is 0. The second-order valence-corrected chi connectivity index (χ2v) is 4.29. The van der Waals surface area contributed by atoms with Gasteiger partial charge in [-0.15, -0.1) is 0 Å². The molecule has 0 amide bonds. The highest BCUT2D eigenvalue weighted by Gasteiger charge is 2.16. The van der Waals surface area contributed by atoms with Crippen molar-refractivity contribution in [1.29, 1.82) is 0 Å². The first-order chi connectivity index (χ1) is 8.13. The lowest BCUT2D eigenvalue weighted by molar-refractivity contribution is 0.265. The zero-order valence-electron chi connectivity index (χ0n) is 11.2. The first-order valence-electron chi connectivity index (χ1n) is 6.16. The standard InChI is InChI=1S/C14H23NO2/c1-5-17-14-11(3)8-10(2)9-12(14)13(15-4)6-7-16/h8-9,13,15-16H,5-7H2,1-4H3. The van der Waals surface area contributed by atoms with Crippen LogP contribution < -0.4 is 10.1 Å². The number of nitrogens with one attached hydrogen (secondary N) is 1. The Labute approximate surface area is 104 Å². The average molecular weight is 237 g/mol. The minimum Gasteiger partial charge on any atom is -0.493 e. The molecule has 0 spiro atoms. The van der Waals surface area contributed by atoms with E-state index in [4.69, 9.17) is 9.84 Å². The zero-order chi connectivity index (χ0) is 12.8. The highest BCUT2D eigenvalue weighted by atomic mass is 16.5. The molecule has 1 aromatic carbocycles. The molecule has 0 aliphatic carbocycles. The van der Waals surface area contributed by atoms with Gasteiger partial charge >= 0.3 is 0 Å². The molecule has 0 heterocycles. The van der Waals surface area contributed by atoms with Gasteiger partial charge in [-0.05, 0) is 39.8 Å². The summed E-state index contributed by atoms with van der Waals surface area (Å²) in [5.74, 6) is 0.950. The Balaban J connectivity index is 3.17. The minimum atomic E-state index is 0.139. The molecule has 3 nitrogen and oxygen atoms in total. The first kappa shape index (κ1) is 14.0. The predicted octanol–water partition coefficient (Wildman–Crippen LogP) is 2.35. The van der Waals surface area contributed by atoms with Crippen LogP contribution in [0.2, 0.25) is 0 Å². The number of rotatable bonds is 6. The molecule has 0 saturated heterocycles. The molecule has 0 aliphatic rings. The summed E-state index contributed by atoms with van der Waals surface area (Å²) in [5, 5.41) is 12.3. The highest BCUT2D eigenvalue weighted by Crippen LogP contribution is 2.31. The van der Waals surface area contributed by atoms with Crippen LogP contribution in [0.15, 0.2) is 12.1 Å². The van der Waals surface area contributed by atoms with Gasteiger partial charge in [-0.1, -0.05) is 17.7 Å². The highest BCUT2D eigenvalue weighted by molar-refractivity contribution is 5.45. The quantitative estimate of drug-likeness (QED) is 0.798. The van der Waals surface area contributed by atoms with Crippen LogP contribution in [0.4, 0.5) is 0 Å². The fourth-order valence-corrected chi connectivity index (χ4v) is 2.17. The largest absolute Gasteiger partial charge is 0.493 e. The summed E-state index contributed by atoms with van der Waals surface area (Å²) in [6, 6.07) is 4.40. The minimum absolute atomic E-state index is 0.139. The van der Waals surface area contributed by atoms with E-state index >= 15 is 0 Å². The maximum absolute atomic E-state index is 9.11. The Kier molecular flexibility index (Phi) is 5.45. The third-order valence-corrected chi connectivity index (χ3v) is 2.88. The molecule has 96 valence electrons. The second kappa shape index (κ2) is 6.62. The van der Waals surface area contributed by atoms with E-state index in [1.807, 2.05) is 14.0 Å². The summed E-state index contributed by atoms with van der Waals surface area (Å²) in [7, 11) is 1.91. The number of aryl methyl sites for hydroxylation is 2. The number of ether oxygens (including phenoxy) is 1. The Morgan fingerprint density at radius 3 is 2.59 bits per heavy atom. The molecule has 1 atom stereocenters. The number of hydrogen-bond acceptors (Lipinski definition) is 3. The average Bonchev–Trinajstić information content (AvgIpc) is 2.29. The van der Waals surface area contributed by atoms with E-state index in [0.29, 0.717) is 13.0 Å². The summed E-state index contributed by atoms with van der Waals surface area (Å²) in [6.07, 6.45) is 0.694. The van der Waals surface area contributed by atoms with Crippen molar-refractivity contribution in [3.05, 3.63) is 28.8 Å². The molecule has 1 rings (SSSR count). The van der Waals surface area contributed by atoms with Crippen molar-refractivity contribution in [2.75, 3.05) is 20.3 Å². The lowest BCUT2D eigenvalue weighted by atomic mass is 9.98. The number of benzene rings is 1. The van der Waals surface area contributed by atoms with Gasteiger partial charge in [0.15, 0.2) is 0 Å². The van der Waals surface area contributed by atoms with Crippen LogP contribution in [0, 0.1) is 13.8 Å². The molecule has 1 unspecified atom stereocenters. The van der Waals surface area contributed by atoms with Crippen molar-refractivity contribution in [2.45, 2.75) is 33.2 Å². The van der Waals surface area contributed by atoms with Crippen LogP contribution >= 0.6 is 0 Å². The van der Waals surface area contributed by atoms with Crippen molar-refractivity contribution in [3.63, 3.8) is 0 Å². The molecule has 0 saturated carbocycles. The predicted molar refractivity (Wildman–Crippen MR) is 70.6 cm³/mol. The normalized spacial score (nSPS) is 12.5. The van der Waals surface area contributed by atoms with Gasteiger partial charge in [-0.25, -0.2) is 0 Å². The monoisotopic (exact) mass is 237 g/mol. The summed E-state index contributed by atoms with van der Waals surface area (Å²) in [5.41, 5.74) is 3.51. The molecule has 0 aromatic heterocycles. The van der Waals surface area contributed by atoms with Gasteiger partial charge in [-0.2, -0.15) is 0 Å². The van der Waals surface area contributed by atoms with Crippen molar-refractivity contribution in [1.82, 2.24) is 5.32 Å². The van der Waals surface area contributed by atoms with Gasteiger partial charge in [0.05, 0.1) is 6.61 Å². The molecule has 0 bridgehead atoms. The topological polar surface area (TPSA) is 41.5 Å². The van der Waals surface area contributed by atoms with Gasteiger partial charge in [0.2, 0.25) is 0 Å². The first-order valence-corrected chi connectivity index (χ1v) is 6.16. The fourth-order valence-electron chi connectivity index (χ4n) is 2.17. The zero-order valence-corrected chi connectivity index (χ0v) is 11.2. The molecule has 0 fully saturated rings. The van der Waals surface area contributed by atoms with E-state index in [9.17, 15) is 0 Å². The summed E-state index contributed by atoms with van der Waals surface area (Å²) >= 11 is 0. The van der Waals surface area contributed by atoms with E-state index in [-0.39, 0.29) is 12.6 Å². The van der Waals surface area contributed by atoms with E-state index in [0.717, 1.165) is 16.9 Å². The van der Waals surface area contributed by atoms with Crippen LogP contribution in [0.1, 0.15) is 36.1 Å². The third-order valence-electron chi connectivity index (χ3n) is 2.88. The van der Waals surface area contributed by atoms with E-state index in [1.54, 1.807) is 0 Å². The smallest absolute Gasteiger partial charge is 0.126 e. The van der Waals surface area contributed by atoms with Crippen molar-refractivity contribution in [3.8, 4) is 5.75 Å². The maximum atomic E-state index is 9.11. The molecule has 1 aromatic rings. The van der Waals surface area contributed by atoms with Crippen molar-refractivity contribution in [2.24, 2.45) is 0 Å². The van der Waals surface area contributed by atoms with Gasteiger partial charge < -0.3 is 15.2 Å². The Bertz CT molecular complexity index is 363. The van der Waals surface area contributed by atoms with Crippen LogP contribution in [-0.2, 0) is 0 Å². The van der Waals surface area contributed by atoms with Crippen molar-refractivity contribution < 1.29 is 9.84 Å². The van der Waals surface area contributed by atoms with E-state index in [2.05, 4.69) is 31.3 Å². The number of hydrogen-bond donors (Lipinski definition) is 2. The Morgan fingerprint density at radius 2 is 2.06 bits per heavy atom. The van der Waals surface area contributed by atoms with Crippen LogP contribution in [0.5, 0.6) is 5.75 Å². The number of aliphatic hydroxyl groups is 1. The van der Waals surface area contributed by atoms with Gasteiger partial charge in [-0.3, -0.25) is 0 Å². The molecule has 0 aliphatic heterocycles. The second-order valence-electron chi connectivity index (χ2n) is 4.29. The molecular weight excluding hydrogens is 214 g/mol. The van der Waals surface area contributed by atoms with Crippen LogP contribution in [0.25, 0.3) is 0 Å². The maximum Gasteiger partial charge on any atom is 0.126 e. The molecule has 3 heteroatoms. The van der Waals surface area contributed by atoms with E-state index in [1.165, 1.54) is 5.56 Å². The van der Waals surface area contributed by atoms with Crippen LogP contribution in [-0.4, -0.2) is 25.4 Å². The molecular formula is C14H23NO2. The lowest BCUT2D eigenvalue weighted by Crippen LogP contribution is -2.19. The molecule has 17 heavy (non-hydrogen) atoms. The Morgan fingerprint density at radius 1 is 1.35 bits per heavy atom. The molecule has 2 N–H and O–H groups in total. The van der Waals surface area contributed by atoms with Gasteiger partial charge in [0, 0.05) is 18.2 Å².